The Balaban J connectivity index is 0.000000299. The molecule has 0 atom stereocenters. The number of aryl methyl sites for hydroxylation is 2. The number of amides is 1. The van der Waals surface area contributed by atoms with E-state index in [4.69, 9.17) is 10.5 Å². The molecule has 0 aliphatic heterocycles. The first-order valence-corrected chi connectivity index (χ1v) is 21.2. The van der Waals surface area contributed by atoms with Crippen LogP contribution in [0.3, 0.4) is 0 Å². The molecule has 0 saturated heterocycles. The van der Waals surface area contributed by atoms with Crippen LogP contribution < -0.4 is 11.1 Å². The summed E-state index contributed by atoms with van der Waals surface area (Å²) in [6, 6.07) is 28.2. The van der Waals surface area contributed by atoms with Gasteiger partial charge >= 0.3 is 0 Å². The van der Waals surface area contributed by atoms with Crippen LogP contribution in [-0.2, 0) is 109 Å². The fourth-order valence-corrected chi connectivity index (χ4v) is 10.2. The van der Waals surface area contributed by atoms with Gasteiger partial charge in [-0.15, -0.1) is 22.7 Å². The zero-order chi connectivity index (χ0) is 38.9. The van der Waals surface area contributed by atoms with E-state index in [0.717, 1.165) is 37.4 Å². The molecule has 2 radical (unpaired) electrons. The first-order valence-electron chi connectivity index (χ1n) is 16.7. The summed E-state index contributed by atoms with van der Waals surface area (Å²) in [5, 5.41) is 5.66. The minimum Gasteiger partial charge on any atom is -0.391 e. The molecule has 0 spiro atoms. The van der Waals surface area contributed by atoms with Crippen LogP contribution in [0.25, 0.3) is 42.9 Å². The molecule has 0 aliphatic rings. The fourth-order valence-electron chi connectivity index (χ4n) is 5.85. The summed E-state index contributed by atoms with van der Waals surface area (Å²) in [5.41, 5.74) is 10.3. The Morgan fingerprint density at radius 3 is 1.53 bits per heavy atom. The number of nitrogens with one attached hydrogen (secondary N) is 1. The number of pyridine rings is 2. The summed E-state index contributed by atoms with van der Waals surface area (Å²) in [7, 11) is -6.01. The number of nitrogen functional groups attached to an aromatic ring is 1. The molecular formula is C39H34N6O6S4V2W2. The molecule has 12 nitrogen and oxygen atoms in total. The van der Waals surface area contributed by atoms with E-state index in [1.165, 1.54) is 43.9 Å². The third kappa shape index (κ3) is 10.7. The molecule has 0 bridgehead atoms. The van der Waals surface area contributed by atoms with E-state index in [9.17, 15) is 21.6 Å². The van der Waals surface area contributed by atoms with Gasteiger partial charge in [0, 0.05) is 143 Å². The van der Waals surface area contributed by atoms with Crippen LogP contribution in [0.2, 0.25) is 0 Å². The van der Waals surface area contributed by atoms with Crippen LogP contribution in [0.5, 0.6) is 0 Å². The third-order valence-corrected chi connectivity index (χ3v) is 13.9. The van der Waals surface area contributed by atoms with Crippen molar-refractivity contribution in [2.75, 3.05) is 24.8 Å². The smallest absolute Gasteiger partial charge is 0.269 e. The van der Waals surface area contributed by atoms with Crippen LogP contribution in [0.4, 0.5) is 10.0 Å². The van der Waals surface area contributed by atoms with E-state index >= 15 is 0 Å². The zero-order valence-corrected chi connectivity index (χ0v) is 43.3. The number of aromatic nitrogens is 4. The Kier molecular flexibility index (Phi) is 18.0. The number of anilines is 2. The van der Waals surface area contributed by atoms with Crippen molar-refractivity contribution in [3.05, 3.63) is 133 Å². The monoisotopic (exact) mass is 1280 g/mol. The van der Waals surface area contributed by atoms with Crippen molar-refractivity contribution < 1.29 is 106 Å². The number of nitrogens with two attached hydrogens (primary N) is 1. The Morgan fingerprint density at radius 2 is 1.10 bits per heavy atom. The Bertz CT molecular complexity index is 2920. The standard InChI is InChI=1S/C21H19N3O4S2.C18H15N3O2S2.2V.2W/c1-14-3-5-15(6-4-14)30(26,27)24-12-10-17-16(9-11-22-21(17)24)18-7-8-20(29-18)23-19(25)13-28-2;1-12-2-4-13(5-3-12)25(22,23)21-11-9-15-14(8-10-20-18(15)21)16-6-7-17(19)24-16;;;;/h3-12H,13H2,1-2H3,(H,23,25);2-11H,19H2,1H3;;;;. The predicted octanol–water partition coefficient (Wildman–Crippen LogP) is 7.78. The van der Waals surface area contributed by atoms with Crippen LogP contribution in [-0.4, -0.2) is 54.4 Å². The molecule has 20 heteroatoms. The first-order chi connectivity index (χ1) is 26.4. The number of hydrogen-bond acceptors (Lipinski definition) is 11. The zero-order valence-electron chi connectivity index (χ0n) is 31.4. The maximum absolute atomic E-state index is 13.1. The summed E-state index contributed by atoms with van der Waals surface area (Å²) >= 11 is 2.86. The third-order valence-electron chi connectivity index (χ3n) is 8.57. The van der Waals surface area contributed by atoms with Crippen LogP contribution in [0.1, 0.15) is 11.1 Å². The summed E-state index contributed by atoms with van der Waals surface area (Å²) in [6.07, 6.45) is 6.27. The van der Waals surface area contributed by atoms with Gasteiger partial charge < -0.3 is 15.8 Å². The van der Waals surface area contributed by atoms with E-state index in [0.29, 0.717) is 26.7 Å². The van der Waals surface area contributed by atoms with E-state index in [2.05, 4.69) is 15.3 Å². The van der Waals surface area contributed by atoms with Crippen LogP contribution in [0.15, 0.2) is 132 Å². The van der Waals surface area contributed by atoms with Gasteiger partial charge in [0.25, 0.3) is 26.0 Å². The molecule has 302 valence electrons. The molecular weight excluding hydrogens is 1250 g/mol. The molecule has 0 unspecified atom stereocenters. The molecule has 0 saturated carbocycles. The number of carbonyl (C=O) groups is 1. The Labute approximate surface area is 402 Å². The number of methoxy groups -OCH3 is 1. The molecule has 59 heavy (non-hydrogen) atoms. The van der Waals surface area contributed by atoms with E-state index in [1.54, 1.807) is 85.3 Å². The second-order valence-electron chi connectivity index (χ2n) is 12.4. The van der Waals surface area contributed by atoms with E-state index in [1.807, 2.05) is 44.2 Å². The number of benzene rings is 2. The number of rotatable bonds is 9. The predicted molar refractivity (Wildman–Crippen MR) is 219 cm³/mol. The number of hydrogen-bond donors (Lipinski definition) is 2. The summed E-state index contributed by atoms with van der Waals surface area (Å²) in [6.45, 7) is 3.80. The van der Waals surface area contributed by atoms with Gasteiger partial charge in [-0.3, -0.25) is 4.79 Å². The number of thiophene rings is 2. The van der Waals surface area contributed by atoms with Gasteiger partial charge in [0.15, 0.2) is 11.3 Å². The van der Waals surface area contributed by atoms with Gasteiger partial charge in [0.2, 0.25) is 0 Å². The molecule has 1 amide bonds. The summed E-state index contributed by atoms with van der Waals surface area (Å²) < 4.78 is 59.5. The van der Waals surface area contributed by atoms with E-state index in [-0.39, 0.29) is 102 Å². The van der Waals surface area contributed by atoms with Gasteiger partial charge in [-0.2, -0.15) is 0 Å². The number of nitrogens with zero attached hydrogens (tertiary/aromatic N) is 4. The molecule has 0 fully saturated rings. The van der Waals surface area contributed by atoms with Crippen LogP contribution in [0, 0.1) is 13.8 Å². The maximum atomic E-state index is 13.1. The van der Waals surface area contributed by atoms with Gasteiger partial charge in [0.1, 0.15) is 6.61 Å². The topological polar surface area (TPSA) is 168 Å². The van der Waals surface area contributed by atoms with Crippen molar-refractivity contribution in [3.63, 3.8) is 0 Å². The average molecular weight is 1280 g/mol. The van der Waals surface area contributed by atoms with Gasteiger partial charge in [-0.25, -0.2) is 34.7 Å². The number of fused-ring (bicyclic) bond motifs is 2. The minimum absolute atomic E-state index is 0. The van der Waals surface area contributed by atoms with Crippen LogP contribution >= 0.6 is 22.7 Å². The van der Waals surface area contributed by atoms with Crippen molar-refractivity contribution in [2.24, 2.45) is 0 Å². The van der Waals surface area contributed by atoms with Crippen molar-refractivity contribution in [3.8, 4) is 20.9 Å². The average Bonchev–Trinajstić information content (AvgIpc) is 3.99. The molecule has 6 aromatic heterocycles. The number of ether oxygens (including phenoxy) is 1. The second-order valence-corrected chi connectivity index (χ2v) is 18.2. The molecule has 2 aromatic carbocycles. The van der Waals surface area contributed by atoms with Crippen molar-refractivity contribution in [2.45, 2.75) is 23.6 Å². The Morgan fingerprint density at radius 1 is 0.661 bits per heavy atom. The SMILES string of the molecule is COCC(=O)Nc1ccc(-c2ccnc3c2ccn3S(=O)(=O)c2ccc(C)cc2)s1.Cc1ccc(S(=O)(=O)n2ccc3c(-c4ccc(N)s4)ccnc32)cc1.[V].[V].[W].[W]. The minimum atomic E-state index is -3.77. The summed E-state index contributed by atoms with van der Waals surface area (Å²) in [5.74, 6) is -0.235. The van der Waals surface area contributed by atoms with Crippen molar-refractivity contribution >= 4 is 80.7 Å². The molecule has 6 heterocycles. The quantitative estimate of drug-likeness (QED) is 0.147. The first kappa shape index (κ1) is 50.3. The van der Waals surface area contributed by atoms with Crippen molar-refractivity contribution in [1.29, 1.82) is 0 Å². The Hall–Kier alpha value is -3.10. The summed E-state index contributed by atoms with van der Waals surface area (Å²) in [4.78, 5) is 22.7. The normalized spacial score (nSPS) is 11.0. The molecule has 0 aliphatic carbocycles. The maximum Gasteiger partial charge on any atom is 0.269 e. The fraction of sp³-hybridized carbons (Fsp3) is 0.103. The largest absolute Gasteiger partial charge is 0.391 e. The van der Waals surface area contributed by atoms with Gasteiger partial charge in [-0.05, 0) is 86.6 Å². The molecule has 8 aromatic rings. The van der Waals surface area contributed by atoms with Gasteiger partial charge in [0.05, 0.1) is 19.8 Å². The molecule has 3 N–H and O–H groups in total. The van der Waals surface area contributed by atoms with Gasteiger partial charge in [-0.1, -0.05) is 35.4 Å². The second kappa shape index (κ2) is 21.1. The van der Waals surface area contributed by atoms with Crippen molar-refractivity contribution in [1.82, 2.24) is 17.9 Å². The molecule has 8 rings (SSSR count). The van der Waals surface area contributed by atoms with E-state index < -0.39 is 20.0 Å². The number of carbonyl (C=O) groups excluding carboxylic acids is 1.